The van der Waals surface area contributed by atoms with Crippen LogP contribution in [0.1, 0.15) is 40.0 Å². The molecule has 1 aliphatic rings. The van der Waals surface area contributed by atoms with Gasteiger partial charge in [-0.25, -0.2) is 4.79 Å². The fourth-order valence-corrected chi connectivity index (χ4v) is 2.13. The van der Waals surface area contributed by atoms with Gasteiger partial charge in [-0.05, 0) is 51.1 Å². The van der Waals surface area contributed by atoms with E-state index in [2.05, 4.69) is 25.4 Å². The lowest BCUT2D eigenvalue weighted by molar-refractivity contribution is 0.0488. The number of amides is 1. The van der Waals surface area contributed by atoms with Crippen LogP contribution in [0.15, 0.2) is 10.2 Å². The summed E-state index contributed by atoms with van der Waals surface area (Å²) < 4.78 is 5.17. The second-order valence-corrected chi connectivity index (χ2v) is 5.70. The Hall–Kier alpha value is -2.11. The fraction of sp³-hybridized carbons (Fsp3) is 0.909. The standard InChI is InChI=1S/C11H19N7O2/c1-11(2,3)20-10(19)14-7-4-5-8(15-17-12)9(6-7)16-18-13/h7-9H,4-6H2,1-3H3,(H,14,19)/t7?,8-,9+/m0/s1. The van der Waals surface area contributed by atoms with Crippen LogP contribution < -0.4 is 5.32 Å². The quantitative estimate of drug-likeness (QED) is 0.481. The molecule has 0 aromatic carbocycles. The number of carbonyl (C=O) groups excluding carboxylic acids is 1. The van der Waals surface area contributed by atoms with Crippen LogP contribution in [0.3, 0.4) is 0 Å². The second-order valence-electron chi connectivity index (χ2n) is 5.70. The number of alkyl carbamates (subject to hydrolysis) is 1. The molecule has 0 aliphatic heterocycles. The molecule has 1 unspecified atom stereocenters. The Bertz CT molecular complexity index is 446. The Morgan fingerprint density at radius 3 is 2.35 bits per heavy atom. The zero-order valence-corrected chi connectivity index (χ0v) is 11.9. The second kappa shape index (κ2) is 6.88. The fourth-order valence-electron chi connectivity index (χ4n) is 2.13. The highest BCUT2D eigenvalue weighted by Gasteiger charge is 2.31. The van der Waals surface area contributed by atoms with Gasteiger partial charge in [-0.3, -0.25) is 0 Å². The van der Waals surface area contributed by atoms with E-state index in [9.17, 15) is 4.79 Å². The molecule has 1 saturated carbocycles. The minimum absolute atomic E-state index is 0.148. The Morgan fingerprint density at radius 2 is 1.80 bits per heavy atom. The van der Waals surface area contributed by atoms with Crippen LogP contribution in [-0.2, 0) is 4.74 Å². The van der Waals surface area contributed by atoms with Crippen LogP contribution in [0.25, 0.3) is 20.9 Å². The lowest BCUT2D eigenvalue weighted by atomic mass is 9.88. The summed E-state index contributed by atoms with van der Waals surface area (Å²) in [4.78, 5) is 17.2. The summed E-state index contributed by atoms with van der Waals surface area (Å²) in [5.74, 6) is 0. The van der Waals surface area contributed by atoms with Gasteiger partial charge in [0.05, 0.1) is 0 Å². The molecule has 0 radical (unpaired) electrons. The molecule has 1 N–H and O–H groups in total. The van der Waals surface area contributed by atoms with Gasteiger partial charge in [0.15, 0.2) is 0 Å². The molecule has 0 saturated heterocycles. The zero-order chi connectivity index (χ0) is 15.2. The van der Waals surface area contributed by atoms with E-state index >= 15 is 0 Å². The van der Waals surface area contributed by atoms with Crippen LogP contribution in [-0.4, -0.2) is 29.8 Å². The summed E-state index contributed by atoms with van der Waals surface area (Å²) in [6, 6.07) is -0.942. The summed E-state index contributed by atoms with van der Waals surface area (Å²) >= 11 is 0. The molecule has 1 fully saturated rings. The van der Waals surface area contributed by atoms with Gasteiger partial charge in [0.1, 0.15) is 5.60 Å². The van der Waals surface area contributed by atoms with Gasteiger partial charge in [0.2, 0.25) is 0 Å². The van der Waals surface area contributed by atoms with Gasteiger partial charge in [-0.2, -0.15) is 0 Å². The molecule has 0 bridgehead atoms. The normalized spacial score (nSPS) is 25.9. The third-order valence-corrected chi connectivity index (χ3v) is 2.90. The third kappa shape index (κ3) is 5.26. The van der Waals surface area contributed by atoms with Gasteiger partial charge in [0.25, 0.3) is 0 Å². The van der Waals surface area contributed by atoms with Crippen molar-refractivity contribution in [2.45, 2.75) is 63.8 Å². The Balaban J connectivity index is 2.60. The molecule has 110 valence electrons. The largest absolute Gasteiger partial charge is 0.444 e. The van der Waals surface area contributed by atoms with Crippen LogP contribution in [0, 0.1) is 0 Å². The number of carbonyl (C=O) groups is 1. The molecule has 0 aromatic rings. The number of hydrogen-bond acceptors (Lipinski definition) is 4. The van der Waals surface area contributed by atoms with E-state index < -0.39 is 17.7 Å². The maximum absolute atomic E-state index is 11.7. The first-order valence-corrected chi connectivity index (χ1v) is 6.43. The van der Waals surface area contributed by atoms with Crippen LogP contribution in [0.4, 0.5) is 4.79 Å². The van der Waals surface area contributed by atoms with Crippen molar-refractivity contribution in [3.05, 3.63) is 20.9 Å². The van der Waals surface area contributed by atoms with Crippen molar-refractivity contribution in [2.24, 2.45) is 10.2 Å². The summed E-state index contributed by atoms with van der Waals surface area (Å²) in [6.45, 7) is 5.36. The van der Waals surface area contributed by atoms with E-state index in [0.29, 0.717) is 19.3 Å². The van der Waals surface area contributed by atoms with E-state index in [1.165, 1.54) is 0 Å². The van der Waals surface area contributed by atoms with Gasteiger partial charge in [-0.15, -0.1) is 0 Å². The molecule has 1 amide bonds. The predicted octanol–water partition coefficient (Wildman–Crippen LogP) is 3.42. The third-order valence-electron chi connectivity index (χ3n) is 2.90. The topological polar surface area (TPSA) is 136 Å². The number of azide groups is 2. The Kier molecular flexibility index (Phi) is 5.49. The van der Waals surface area contributed by atoms with E-state index in [4.69, 9.17) is 15.8 Å². The number of nitrogens with zero attached hydrogens (tertiary/aromatic N) is 6. The number of hydrogen-bond donors (Lipinski definition) is 1. The molecule has 1 rings (SSSR count). The van der Waals surface area contributed by atoms with Crippen molar-refractivity contribution in [1.82, 2.24) is 5.32 Å². The molecule has 0 spiro atoms. The number of ether oxygens (including phenoxy) is 1. The van der Waals surface area contributed by atoms with Gasteiger partial charge in [-0.1, -0.05) is 10.2 Å². The predicted molar refractivity (Wildman–Crippen MR) is 72.9 cm³/mol. The lowest BCUT2D eigenvalue weighted by Crippen LogP contribution is -2.45. The van der Waals surface area contributed by atoms with E-state index in [1.54, 1.807) is 20.8 Å². The molecule has 1 aliphatic carbocycles. The van der Waals surface area contributed by atoms with Gasteiger partial charge >= 0.3 is 6.09 Å². The lowest BCUT2D eigenvalue weighted by Gasteiger charge is -2.32. The molecule has 9 nitrogen and oxygen atoms in total. The summed E-state index contributed by atoms with van der Waals surface area (Å²) in [5, 5.41) is 10.0. The molecule has 9 heteroatoms. The van der Waals surface area contributed by atoms with E-state index in [-0.39, 0.29) is 12.1 Å². The van der Waals surface area contributed by atoms with Crippen molar-refractivity contribution in [3.8, 4) is 0 Å². The highest BCUT2D eigenvalue weighted by atomic mass is 16.6. The van der Waals surface area contributed by atoms with Gasteiger partial charge < -0.3 is 10.1 Å². The highest BCUT2D eigenvalue weighted by molar-refractivity contribution is 5.68. The minimum Gasteiger partial charge on any atom is -0.444 e. The maximum Gasteiger partial charge on any atom is 0.407 e. The van der Waals surface area contributed by atoms with Crippen LogP contribution >= 0.6 is 0 Å². The van der Waals surface area contributed by atoms with E-state index in [0.717, 1.165) is 0 Å². The van der Waals surface area contributed by atoms with Crippen molar-refractivity contribution >= 4 is 6.09 Å². The van der Waals surface area contributed by atoms with Crippen LogP contribution in [0.2, 0.25) is 0 Å². The summed E-state index contributed by atoms with van der Waals surface area (Å²) in [7, 11) is 0. The molecular weight excluding hydrogens is 262 g/mol. The smallest absolute Gasteiger partial charge is 0.407 e. The monoisotopic (exact) mass is 281 g/mol. The first-order valence-electron chi connectivity index (χ1n) is 6.43. The summed E-state index contributed by atoms with van der Waals surface area (Å²) in [6.07, 6.45) is 1.16. The minimum atomic E-state index is -0.559. The molecule has 20 heavy (non-hydrogen) atoms. The first kappa shape index (κ1) is 15.9. The molecule has 0 heterocycles. The molecular formula is C11H19N7O2. The van der Waals surface area contributed by atoms with Gasteiger partial charge in [0, 0.05) is 27.9 Å². The number of nitrogens with one attached hydrogen (secondary N) is 1. The Morgan fingerprint density at radius 1 is 1.20 bits per heavy atom. The zero-order valence-electron chi connectivity index (χ0n) is 11.9. The van der Waals surface area contributed by atoms with E-state index in [1.807, 2.05) is 0 Å². The molecule has 0 aromatic heterocycles. The van der Waals surface area contributed by atoms with Crippen LogP contribution in [0.5, 0.6) is 0 Å². The molecule has 3 atom stereocenters. The van der Waals surface area contributed by atoms with Crippen molar-refractivity contribution in [3.63, 3.8) is 0 Å². The number of rotatable bonds is 3. The average Bonchev–Trinajstić information content (AvgIpc) is 2.30. The SMILES string of the molecule is CC(C)(C)OC(=O)NC1CC[C@H](N=[N+]=[N-])[C@H](N=[N+]=[N-])C1. The summed E-state index contributed by atoms with van der Waals surface area (Å²) in [5.41, 5.74) is 16.5. The highest BCUT2D eigenvalue weighted by Crippen LogP contribution is 2.25. The average molecular weight is 281 g/mol. The van der Waals surface area contributed by atoms with Crippen molar-refractivity contribution in [1.29, 1.82) is 0 Å². The Labute approximate surface area is 116 Å². The van der Waals surface area contributed by atoms with Crippen molar-refractivity contribution < 1.29 is 9.53 Å². The maximum atomic E-state index is 11.7. The van der Waals surface area contributed by atoms with Crippen molar-refractivity contribution in [2.75, 3.05) is 0 Å². The first-order chi connectivity index (χ1) is 9.35.